The lowest BCUT2D eigenvalue weighted by Crippen LogP contribution is -2.41. The summed E-state index contributed by atoms with van der Waals surface area (Å²) in [5.74, 6) is 0.315. The lowest BCUT2D eigenvalue weighted by Gasteiger charge is -2.32. The average Bonchev–Trinajstić information content (AvgIpc) is 2.66. The molecule has 0 aromatic heterocycles. The summed E-state index contributed by atoms with van der Waals surface area (Å²) in [6, 6.07) is 7.63. The first-order valence-corrected chi connectivity index (χ1v) is 10.6. The fraction of sp³-hybridized carbons (Fsp3) is 0.600. The van der Waals surface area contributed by atoms with Crippen LogP contribution in [0.25, 0.3) is 0 Å². The molecule has 0 unspecified atom stereocenters. The van der Waals surface area contributed by atoms with Crippen LogP contribution in [0.3, 0.4) is 0 Å². The summed E-state index contributed by atoms with van der Waals surface area (Å²) >= 11 is 1.41. The van der Waals surface area contributed by atoms with Gasteiger partial charge in [-0.2, -0.15) is 0 Å². The first-order valence-electron chi connectivity index (χ1n) is 9.63. The van der Waals surface area contributed by atoms with Crippen molar-refractivity contribution in [2.75, 3.05) is 32.0 Å². The summed E-state index contributed by atoms with van der Waals surface area (Å²) in [4.78, 5) is 27.6. The van der Waals surface area contributed by atoms with Gasteiger partial charge in [-0.05, 0) is 51.8 Å². The number of nitrogens with two attached hydrogens (primary N) is 1. The van der Waals surface area contributed by atoms with Crippen LogP contribution in [0, 0.1) is 0 Å². The number of hydrogen-bond acceptors (Lipinski definition) is 5. The maximum atomic E-state index is 13.0. The molecule has 0 saturated carbocycles. The molecule has 1 aromatic rings. The molecule has 1 fully saturated rings. The Morgan fingerprint density at radius 2 is 1.96 bits per heavy atom. The number of piperidine rings is 1. The van der Waals surface area contributed by atoms with E-state index >= 15 is 0 Å². The van der Waals surface area contributed by atoms with E-state index in [1.807, 2.05) is 43.0 Å². The van der Waals surface area contributed by atoms with Gasteiger partial charge >= 0.3 is 0 Å². The second-order valence-electron chi connectivity index (χ2n) is 7.01. The molecule has 1 heterocycles. The summed E-state index contributed by atoms with van der Waals surface area (Å²) in [6.07, 6.45) is 2.78. The number of nitrogens with zero attached hydrogens (tertiary/aromatic N) is 1. The fourth-order valence-electron chi connectivity index (χ4n) is 3.01. The molecule has 158 valence electrons. The quantitative estimate of drug-likeness (QED) is 0.465. The Balaban J connectivity index is 0.00000392. The number of nitrogens with one attached hydrogen (secondary N) is 1. The van der Waals surface area contributed by atoms with Crippen molar-refractivity contribution < 1.29 is 14.3 Å². The van der Waals surface area contributed by atoms with Crippen molar-refractivity contribution in [3.63, 3.8) is 0 Å². The van der Waals surface area contributed by atoms with E-state index < -0.39 is 0 Å². The van der Waals surface area contributed by atoms with Gasteiger partial charge in [0.1, 0.15) is 0 Å². The van der Waals surface area contributed by atoms with E-state index in [1.165, 1.54) is 11.8 Å². The highest BCUT2D eigenvalue weighted by Crippen LogP contribution is 2.25. The molecule has 1 saturated heterocycles. The number of benzene rings is 1. The summed E-state index contributed by atoms with van der Waals surface area (Å²) in [6.45, 7) is 6.58. The lowest BCUT2D eigenvalue weighted by atomic mass is 10.1. The van der Waals surface area contributed by atoms with Crippen molar-refractivity contribution in [3.8, 4) is 0 Å². The van der Waals surface area contributed by atoms with Crippen LogP contribution in [0.2, 0.25) is 0 Å². The van der Waals surface area contributed by atoms with Gasteiger partial charge in [0.25, 0.3) is 5.91 Å². The zero-order valence-electron chi connectivity index (χ0n) is 16.7. The second-order valence-corrected chi connectivity index (χ2v) is 8.03. The minimum absolute atomic E-state index is 0. The Morgan fingerprint density at radius 3 is 2.61 bits per heavy atom. The SMILES string of the molecule is CC(C)NC(=O)CSc1ccccc1C(=O)N1CCC(OCCCN)CC1.Cl. The zero-order chi connectivity index (χ0) is 19.6. The van der Waals surface area contributed by atoms with Gasteiger partial charge in [0, 0.05) is 30.6 Å². The molecule has 0 radical (unpaired) electrons. The number of carbonyl (C=O) groups excluding carboxylic acids is 2. The molecule has 3 N–H and O–H groups in total. The predicted molar refractivity (Wildman–Crippen MR) is 116 cm³/mol. The van der Waals surface area contributed by atoms with Gasteiger partial charge < -0.3 is 20.7 Å². The largest absolute Gasteiger partial charge is 0.378 e. The molecule has 6 nitrogen and oxygen atoms in total. The van der Waals surface area contributed by atoms with Gasteiger partial charge in [-0.1, -0.05) is 12.1 Å². The molecular weight excluding hydrogens is 398 g/mol. The number of rotatable bonds is 9. The number of hydrogen-bond donors (Lipinski definition) is 2. The third-order valence-corrected chi connectivity index (χ3v) is 5.43. The van der Waals surface area contributed by atoms with Crippen LogP contribution in [-0.2, 0) is 9.53 Å². The summed E-state index contributed by atoms with van der Waals surface area (Å²) in [5.41, 5.74) is 6.16. The smallest absolute Gasteiger partial charge is 0.254 e. The third-order valence-electron chi connectivity index (χ3n) is 4.36. The van der Waals surface area contributed by atoms with Gasteiger partial charge in [0.2, 0.25) is 5.91 Å². The van der Waals surface area contributed by atoms with Gasteiger partial charge in [0.05, 0.1) is 17.4 Å². The highest BCUT2D eigenvalue weighted by molar-refractivity contribution is 8.00. The Labute approximate surface area is 178 Å². The molecule has 8 heteroatoms. The number of likely N-dealkylation sites (tertiary alicyclic amines) is 1. The monoisotopic (exact) mass is 429 g/mol. The van der Waals surface area contributed by atoms with E-state index in [0.717, 1.165) is 24.2 Å². The van der Waals surface area contributed by atoms with E-state index in [2.05, 4.69) is 5.32 Å². The van der Waals surface area contributed by atoms with Crippen LogP contribution in [0.5, 0.6) is 0 Å². The van der Waals surface area contributed by atoms with Crippen molar-refractivity contribution in [1.82, 2.24) is 10.2 Å². The van der Waals surface area contributed by atoms with Crippen molar-refractivity contribution in [2.45, 2.75) is 50.2 Å². The van der Waals surface area contributed by atoms with Crippen molar-refractivity contribution in [3.05, 3.63) is 29.8 Å². The Bertz CT molecular complexity index is 622. The minimum atomic E-state index is -0.0207. The van der Waals surface area contributed by atoms with Gasteiger partial charge in [0.15, 0.2) is 0 Å². The third kappa shape index (κ3) is 7.99. The van der Waals surface area contributed by atoms with Crippen LogP contribution >= 0.6 is 24.2 Å². The summed E-state index contributed by atoms with van der Waals surface area (Å²) in [7, 11) is 0. The number of thioether (sulfide) groups is 1. The Hall–Kier alpha value is -1.28. The van der Waals surface area contributed by atoms with Crippen molar-refractivity contribution in [2.24, 2.45) is 5.73 Å². The molecule has 1 aliphatic rings. The molecule has 0 bridgehead atoms. The van der Waals surface area contributed by atoms with Crippen LogP contribution < -0.4 is 11.1 Å². The van der Waals surface area contributed by atoms with Gasteiger partial charge in [-0.3, -0.25) is 9.59 Å². The Morgan fingerprint density at radius 1 is 1.29 bits per heavy atom. The van der Waals surface area contributed by atoms with E-state index in [4.69, 9.17) is 10.5 Å². The normalized spacial score (nSPS) is 14.6. The first kappa shape index (κ1) is 24.8. The van der Waals surface area contributed by atoms with E-state index in [1.54, 1.807) is 0 Å². The number of carbonyl (C=O) groups is 2. The van der Waals surface area contributed by atoms with Crippen molar-refractivity contribution >= 4 is 36.0 Å². The molecule has 1 aliphatic heterocycles. The molecule has 0 aliphatic carbocycles. The van der Waals surface area contributed by atoms with E-state index in [-0.39, 0.29) is 36.4 Å². The molecule has 0 spiro atoms. The molecular formula is C20H32ClN3O3S. The zero-order valence-corrected chi connectivity index (χ0v) is 18.3. The number of ether oxygens (including phenoxy) is 1. The first-order chi connectivity index (χ1) is 13.0. The molecule has 2 rings (SSSR count). The minimum Gasteiger partial charge on any atom is -0.378 e. The van der Waals surface area contributed by atoms with Crippen molar-refractivity contribution in [1.29, 1.82) is 0 Å². The van der Waals surface area contributed by atoms with Crippen LogP contribution in [0.1, 0.15) is 43.5 Å². The number of amides is 2. The average molecular weight is 430 g/mol. The second kappa shape index (κ2) is 13.0. The number of halogens is 1. The topological polar surface area (TPSA) is 84.7 Å². The van der Waals surface area contributed by atoms with Crippen LogP contribution in [0.15, 0.2) is 29.2 Å². The lowest BCUT2D eigenvalue weighted by molar-refractivity contribution is -0.119. The fourth-order valence-corrected chi connectivity index (χ4v) is 3.86. The standard InChI is InChI=1S/C20H31N3O3S.ClH/c1-15(2)22-19(24)14-27-18-7-4-3-6-17(18)20(25)23-11-8-16(9-12-23)26-13-5-10-21;/h3-4,6-7,15-16H,5,8-14,21H2,1-2H3,(H,22,24);1H. The molecule has 1 aromatic carbocycles. The highest BCUT2D eigenvalue weighted by atomic mass is 35.5. The Kier molecular flexibility index (Phi) is 11.5. The molecule has 28 heavy (non-hydrogen) atoms. The molecule has 0 atom stereocenters. The maximum absolute atomic E-state index is 13.0. The summed E-state index contributed by atoms with van der Waals surface area (Å²) < 4.78 is 5.81. The van der Waals surface area contributed by atoms with Gasteiger partial charge in [-0.15, -0.1) is 24.2 Å². The van der Waals surface area contributed by atoms with E-state index in [9.17, 15) is 9.59 Å². The maximum Gasteiger partial charge on any atom is 0.254 e. The van der Waals surface area contributed by atoms with E-state index in [0.29, 0.717) is 37.6 Å². The van der Waals surface area contributed by atoms with Gasteiger partial charge in [-0.25, -0.2) is 0 Å². The predicted octanol–water partition coefficient (Wildman–Crippen LogP) is 2.70. The van der Waals surface area contributed by atoms with Crippen LogP contribution in [-0.4, -0.2) is 60.9 Å². The molecule has 2 amide bonds. The highest BCUT2D eigenvalue weighted by Gasteiger charge is 2.25. The van der Waals surface area contributed by atoms with Crippen LogP contribution in [0.4, 0.5) is 0 Å². The summed E-state index contributed by atoms with van der Waals surface area (Å²) in [5, 5.41) is 2.87.